The molecule has 0 N–H and O–H groups in total. The molecule has 0 unspecified atom stereocenters. The number of aldehydes is 1. The number of rotatable bonds is 8. The van der Waals surface area contributed by atoms with Crippen molar-refractivity contribution in [1.29, 1.82) is 0 Å². The van der Waals surface area contributed by atoms with Crippen LogP contribution in [0.4, 0.5) is 0 Å². The topological polar surface area (TPSA) is 48.4 Å². The zero-order valence-corrected chi connectivity index (χ0v) is 13.4. The number of carbonyl (C=O) groups is 1. The molecule has 24 heavy (non-hydrogen) atoms. The molecule has 0 saturated carbocycles. The van der Waals surface area contributed by atoms with E-state index in [9.17, 15) is 4.79 Å². The second kappa shape index (κ2) is 8.11. The number of hydrogen-bond acceptors (Lipinski definition) is 4. The highest BCUT2D eigenvalue weighted by molar-refractivity contribution is 5.84. The summed E-state index contributed by atoms with van der Waals surface area (Å²) in [5.41, 5.74) is 1.46. The van der Waals surface area contributed by atoms with E-state index in [1.54, 1.807) is 12.3 Å². The quantitative estimate of drug-likeness (QED) is 0.459. The third-order valence-electron chi connectivity index (χ3n) is 3.70. The van der Waals surface area contributed by atoms with Gasteiger partial charge in [0.15, 0.2) is 6.29 Å². The van der Waals surface area contributed by atoms with E-state index in [1.807, 2.05) is 48.5 Å². The highest BCUT2D eigenvalue weighted by Crippen LogP contribution is 2.23. The van der Waals surface area contributed by atoms with E-state index in [1.165, 1.54) is 0 Å². The molecule has 4 nitrogen and oxygen atoms in total. The molecule has 3 aromatic rings. The molecule has 3 rings (SSSR count). The second-order valence-corrected chi connectivity index (χ2v) is 5.39. The highest BCUT2D eigenvalue weighted by atomic mass is 16.5. The molecule has 0 saturated heterocycles. The zero-order valence-electron chi connectivity index (χ0n) is 13.4. The van der Waals surface area contributed by atoms with Gasteiger partial charge in [-0.25, -0.2) is 0 Å². The fourth-order valence-corrected chi connectivity index (χ4v) is 2.47. The lowest BCUT2D eigenvalue weighted by atomic mass is 10.2. The van der Waals surface area contributed by atoms with Crippen molar-refractivity contribution >= 4 is 17.2 Å². The first-order valence-electron chi connectivity index (χ1n) is 8.02. The van der Waals surface area contributed by atoms with Crippen LogP contribution in [0, 0.1) is 0 Å². The van der Waals surface area contributed by atoms with Crippen LogP contribution in [0.5, 0.6) is 11.5 Å². The Balaban J connectivity index is 1.45. The minimum atomic E-state index is 0.558. The van der Waals surface area contributed by atoms with Gasteiger partial charge in [-0.2, -0.15) is 0 Å². The number of nitrogens with zero attached hydrogens (tertiary/aromatic N) is 1. The maximum Gasteiger partial charge on any atom is 0.153 e. The van der Waals surface area contributed by atoms with E-state index in [4.69, 9.17) is 9.47 Å². The van der Waals surface area contributed by atoms with E-state index in [-0.39, 0.29) is 0 Å². The lowest BCUT2D eigenvalue weighted by Gasteiger charge is -2.10. The van der Waals surface area contributed by atoms with Crippen LogP contribution < -0.4 is 9.47 Å². The number of pyridine rings is 1. The van der Waals surface area contributed by atoms with Crippen LogP contribution >= 0.6 is 0 Å². The zero-order chi connectivity index (χ0) is 16.6. The lowest BCUT2D eigenvalue weighted by molar-refractivity contribution is 0.111. The molecule has 0 fully saturated rings. The first-order chi connectivity index (χ1) is 11.9. The van der Waals surface area contributed by atoms with Gasteiger partial charge in [-0.1, -0.05) is 30.3 Å². The SMILES string of the molecule is O=Cc1ccccc1OCCCCOc1cccc2cccnc12. The largest absolute Gasteiger partial charge is 0.493 e. The molecule has 0 aliphatic heterocycles. The van der Waals surface area contributed by atoms with E-state index < -0.39 is 0 Å². The number of para-hydroxylation sites is 2. The minimum absolute atomic E-state index is 0.558. The van der Waals surface area contributed by atoms with Gasteiger partial charge in [0.05, 0.1) is 18.8 Å². The molecule has 4 heteroatoms. The van der Waals surface area contributed by atoms with Gasteiger partial charge in [-0.05, 0) is 37.1 Å². The Kier molecular flexibility index (Phi) is 5.40. The number of carbonyl (C=O) groups excluding carboxylic acids is 1. The molecule has 0 amide bonds. The smallest absolute Gasteiger partial charge is 0.153 e. The Morgan fingerprint density at radius 2 is 1.54 bits per heavy atom. The molecule has 2 aromatic carbocycles. The van der Waals surface area contributed by atoms with Crippen molar-refractivity contribution in [3.63, 3.8) is 0 Å². The molecule has 0 aliphatic carbocycles. The molecular formula is C20H19NO3. The Labute approximate surface area is 141 Å². The van der Waals surface area contributed by atoms with E-state index in [2.05, 4.69) is 4.98 Å². The molecule has 1 heterocycles. The van der Waals surface area contributed by atoms with Gasteiger partial charge in [0.1, 0.15) is 17.0 Å². The third-order valence-corrected chi connectivity index (χ3v) is 3.70. The molecule has 0 bridgehead atoms. The van der Waals surface area contributed by atoms with Crippen LogP contribution in [-0.4, -0.2) is 24.5 Å². The number of unbranched alkanes of at least 4 members (excludes halogenated alkanes) is 1. The van der Waals surface area contributed by atoms with E-state index in [0.29, 0.717) is 24.5 Å². The summed E-state index contributed by atoms with van der Waals surface area (Å²) in [6.45, 7) is 1.16. The first-order valence-corrected chi connectivity index (χ1v) is 8.02. The number of fused-ring (bicyclic) bond motifs is 1. The van der Waals surface area contributed by atoms with Gasteiger partial charge in [-0.3, -0.25) is 9.78 Å². The highest BCUT2D eigenvalue weighted by Gasteiger charge is 2.03. The Morgan fingerprint density at radius 3 is 2.38 bits per heavy atom. The van der Waals surface area contributed by atoms with Crippen molar-refractivity contribution < 1.29 is 14.3 Å². The molecule has 1 aromatic heterocycles. The molecule has 0 spiro atoms. The third kappa shape index (κ3) is 3.90. The monoisotopic (exact) mass is 321 g/mol. The Hall–Kier alpha value is -2.88. The van der Waals surface area contributed by atoms with Crippen molar-refractivity contribution in [2.75, 3.05) is 13.2 Å². The standard InChI is InChI=1S/C20H19NO3/c22-15-17-7-1-2-10-18(17)23-13-3-4-14-24-19-11-5-8-16-9-6-12-21-20(16)19/h1-2,5-12,15H,3-4,13-14H2. The summed E-state index contributed by atoms with van der Waals surface area (Å²) in [5.74, 6) is 1.44. The van der Waals surface area contributed by atoms with Gasteiger partial charge in [0.2, 0.25) is 0 Å². The average molecular weight is 321 g/mol. The van der Waals surface area contributed by atoms with Crippen LogP contribution in [0.25, 0.3) is 10.9 Å². The maximum atomic E-state index is 10.9. The average Bonchev–Trinajstić information content (AvgIpc) is 2.65. The number of ether oxygens (including phenoxy) is 2. The van der Waals surface area contributed by atoms with Crippen LogP contribution in [-0.2, 0) is 0 Å². The van der Waals surface area contributed by atoms with Crippen LogP contribution in [0.1, 0.15) is 23.2 Å². The van der Waals surface area contributed by atoms with Gasteiger partial charge in [0.25, 0.3) is 0 Å². The number of benzene rings is 2. The summed E-state index contributed by atoms with van der Waals surface area (Å²) in [6.07, 6.45) is 4.30. The van der Waals surface area contributed by atoms with Crippen molar-refractivity contribution in [2.45, 2.75) is 12.8 Å². The molecule has 122 valence electrons. The summed E-state index contributed by atoms with van der Waals surface area (Å²) >= 11 is 0. The fourth-order valence-electron chi connectivity index (χ4n) is 2.47. The lowest BCUT2D eigenvalue weighted by Crippen LogP contribution is -2.04. The summed E-state index contributed by atoms with van der Waals surface area (Å²) in [6, 6.07) is 17.1. The summed E-state index contributed by atoms with van der Waals surface area (Å²) in [5, 5.41) is 1.07. The van der Waals surface area contributed by atoms with E-state index in [0.717, 1.165) is 35.8 Å². The van der Waals surface area contributed by atoms with Crippen molar-refractivity contribution in [1.82, 2.24) is 4.98 Å². The normalized spacial score (nSPS) is 10.5. The minimum Gasteiger partial charge on any atom is -0.493 e. The van der Waals surface area contributed by atoms with Gasteiger partial charge < -0.3 is 9.47 Å². The maximum absolute atomic E-state index is 10.9. The van der Waals surface area contributed by atoms with Crippen LogP contribution in [0.3, 0.4) is 0 Å². The Bertz CT molecular complexity index is 811. The summed E-state index contributed by atoms with van der Waals surface area (Å²) in [4.78, 5) is 15.3. The van der Waals surface area contributed by atoms with Crippen molar-refractivity contribution in [2.24, 2.45) is 0 Å². The summed E-state index contributed by atoms with van der Waals surface area (Å²) in [7, 11) is 0. The molecule has 0 atom stereocenters. The molecule has 0 aliphatic rings. The van der Waals surface area contributed by atoms with Crippen molar-refractivity contribution in [3.8, 4) is 11.5 Å². The predicted molar refractivity (Wildman–Crippen MR) is 93.8 cm³/mol. The molecular weight excluding hydrogens is 302 g/mol. The fraction of sp³-hybridized carbons (Fsp3) is 0.200. The summed E-state index contributed by atoms with van der Waals surface area (Å²) < 4.78 is 11.5. The number of hydrogen-bond donors (Lipinski definition) is 0. The molecule has 0 radical (unpaired) electrons. The van der Waals surface area contributed by atoms with Crippen LogP contribution in [0.15, 0.2) is 60.8 Å². The number of aromatic nitrogens is 1. The van der Waals surface area contributed by atoms with Gasteiger partial charge in [0, 0.05) is 11.6 Å². The van der Waals surface area contributed by atoms with Crippen LogP contribution in [0.2, 0.25) is 0 Å². The second-order valence-electron chi connectivity index (χ2n) is 5.39. The van der Waals surface area contributed by atoms with Crippen molar-refractivity contribution in [3.05, 3.63) is 66.4 Å². The van der Waals surface area contributed by atoms with E-state index >= 15 is 0 Å². The van der Waals surface area contributed by atoms with Gasteiger partial charge >= 0.3 is 0 Å². The predicted octanol–water partition coefficient (Wildman–Crippen LogP) is 4.29. The first kappa shape index (κ1) is 16.0. The van der Waals surface area contributed by atoms with Gasteiger partial charge in [-0.15, -0.1) is 0 Å². The Morgan fingerprint density at radius 1 is 0.833 bits per heavy atom.